The van der Waals surface area contributed by atoms with Crippen LogP contribution in [0.1, 0.15) is 35.2 Å². The number of carbonyl (C=O) groups is 1. The van der Waals surface area contributed by atoms with E-state index in [1.807, 2.05) is 12.1 Å². The van der Waals surface area contributed by atoms with Gasteiger partial charge < -0.3 is 14.6 Å². The van der Waals surface area contributed by atoms with Gasteiger partial charge in [0.25, 0.3) is 0 Å². The Kier molecular flexibility index (Phi) is 4.12. The fourth-order valence-electron chi connectivity index (χ4n) is 3.45. The van der Waals surface area contributed by atoms with Gasteiger partial charge in [-0.3, -0.25) is 4.90 Å². The molecule has 0 radical (unpaired) electrons. The fourth-order valence-corrected chi connectivity index (χ4v) is 3.45. The molecule has 5 nitrogen and oxygen atoms in total. The van der Waals surface area contributed by atoms with Crippen molar-refractivity contribution >= 4 is 5.97 Å². The maximum Gasteiger partial charge on any atom is 0.339 e. The molecule has 1 aliphatic heterocycles. The van der Waals surface area contributed by atoms with Gasteiger partial charge in [0, 0.05) is 19.1 Å². The van der Waals surface area contributed by atoms with E-state index in [0.29, 0.717) is 17.9 Å². The first-order chi connectivity index (χ1) is 10.2. The summed E-state index contributed by atoms with van der Waals surface area (Å²) in [6.07, 6.45) is 3.95. The Balaban J connectivity index is 1.76. The Morgan fingerprint density at radius 2 is 2.33 bits per heavy atom. The van der Waals surface area contributed by atoms with E-state index >= 15 is 0 Å². The van der Waals surface area contributed by atoms with E-state index in [9.17, 15) is 4.79 Å². The van der Waals surface area contributed by atoms with Crippen molar-refractivity contribution in [2.24, 2.45) is 0 Å². The minimum atomic E-state index is -0.958. The van der Waals surface area contributed by atoms with E-state index in [4.69, 9.17) is 14.6 Å². The van der Waals surface area contributed by atoms with Gasteiger partial charge in [-0.15, -0.1) is 0 Å². The summed E-state index contributed by atoms with van der Waals surface area (Å²) in [5.41, 5.74) is 1.30. The summed E-state index contributed by atoms with van der Waals surface area (Å²) in [6, 6.07) is 5.85. The number of hydrogen-bond donors (Lipinski definition) is 1. The van der Waals surface area contributed by atoms with Crippen LogP contribution in [-0.2, 0) is 11.3 Å². The number of ether oxygens (including phenoxy) is 2. The fraction of sp³-hybridized carbons (Fsp3) is 0.562. The van der Waals surface area contributed by atoms with Crippen molar-refractivity contribution in [2.45, 2.75) is 38.0 Å². The highest BCUT2D eigenvalue weighted by atomic mass is 16.5. The molecule has 3 rings (SSSR count). The van der Waals surface area contributed by atoms with E-state index in [2.05, 4.69) is 4.90 Å². The lowest BCUT2D eigenvalue weighted by Crippen LogP contribution is -2.47. The van der Waals surface area contributed by atoms with Crippen LogP contribution in [-0.4, -0.2) is 48.4 Å². The monoisotopic (exact) mass is 291 g/mol. The second kappa shape index (κ2) is 6.03. The molecule has 0 amide bonds. The van der Waals surface area contributed by atoms with Crippen molar-refractivity contribution in [1.29, 1.82) is 0 Å². The molecular weight excluding hydrogens is 270 g/mol. The maximum atomic E-state index is 11.1. The molecule has 1 aromatic rings. The third kappa shape index (κ3) is 2.89. The number of fused-ring (bicyclic) bond motifs is 1. The van der Waals surface area contributed by atoms with Crippen molar-refractivity contribution in [3.05, 3.63) is 29.3 Å². The highest BCUT2D eigenvalue weighted by Crippen LogP contribution is 2.31. The van der Waals surface area contributed by atoms with Crippen molar-refractivity contribution < 1.29 is 19.4 Å². The number of rotatable bonds is 4. The lowest BCUT2D eigenvalue weighted by atomic mass is 10.1. The van der Waals surface area contributed by atoms with E-state index in [1.54, 1.807) is 6.07 Å². The number of aromatic carboxylic acids is 1. The summed E-state index contributed by atoms with van der Waals surface area (Å²) in [5.74, 6) is -0.531. The first kappa shape index (κ1) is 14.4. The van der Waals surface area contributed by atoms with Crippen LogP contribution in [0.15, 0.2) is 18.2 Å². The highest BCUT2D eigenvalue weighted by Gasteiger charge is 2.35. The van der Waals surface area contributed by atoms with Gasteiger partial charge in [-0.05, 0) is 37.0 Å². The molecule has 1 N–H and O–H groups in total. The third-order valence-electron chi connectivity index (χ3n) is 4.48. The number of carboxylic acid groups (broad SMARTS) is 1. The number of hydrogen-bond acceptors (Lipinski definition) is 4. The molecule has 1 saturated carbocycles. The van der Waals surface area contributed by atoms with Crippen LogP contribution in [0.25, 0.3) is 0 Å². The lowest BCUT2D eigenvalue weighted by molar-refractivity contribution is -0.0588. The number of methoxy groups -OCH3 is 1. The lowest BCUT2D eigenvalue weighted by Gasteiger charge is -2.37. The van der Waals surface area contributed by atoms with Crippen molar-refractivity contribution in [2.75, 3.05) is 20.3 Å². The van der Waals surface area contributed by atoms with Crippen molar-refractivity contribution in [3.63, 3.8) is 0 Å². The van der Waals surface area contributed by atoms with Crippen LogP contribution in [0, 0.1) is 0 Å². The van der Waals surface area contributed by atoms with E-state index in [-0.39, 0.29) is 5.56 Å². The average Bonchev–Trinajstić information content (AvgIpc) is 2.96. The molecule has 0 bridgehead atoms. The summed E-state index contributed by atoms with van der Waals surface area (Å²) in [7, 11) is 1.51. The summed E-state index contributed by atoms with van der Waals surface area (Å²) in [4.78, 5) is 13.6. The van der Waals surface area contributed by atoms with Crippen LogP contribution in [0.2, 0.25) is 0 Å². The largest absolute Gasteiger partial charge is 0.496 e. The zero-order valence-electron chi connectivity index (χ0n) is 12.2. The van der Waals surface area contributed by atoms with E-state index in [1.165, 1.54) is 20.0 Å². The van der Waals surface area contributed by atoms with E-state index < -0.39 is 5.97 Å². The zero-order chi connectivity index (χ0) is 14.8. The molecule has 0 spiro atoms. The van der Waals surface area contributed by atoms with Gasteiger partial charge in [-0.25, -0.2) is 4.79 Å². The molecule has 0 aromatic heterocycles. The van der Waals surface area contributed by atoms with Crippen LogP contribution in [0.3, 0.4) is 0 Å². The molecule has 1 saturated heterocycles. The maximum absolute atomic E-state index is 11.1. The van der Waals surface area contributed by atoms with Crippen LogP contribution in [0.5, 0.6) is 5.75 Å². The summed E-state index contributed by atoms with van der Waals surface area (Å²) in [5, 5.41) is 9.13. The van der Waals surface area contributed by atoms with Crippen molar-refractivity contribution in [1.82, 2.24) is 4.90 Å². The van der Waals surface area contributed by atoms with Crippen LogP contribution >= 0.6 is 0 Å². The standard InChI is InChI=1S/C16H21NO4/c1-20-15-9-11(5-6-12(15)16(18)19)10-17-7-8-21-14-4-2-3-13(14)17/h5-6,9,13-14H,2-4,7-8,10H2,1H3,(H,18,19). The number of nitrogens with zero attached hydrogens (tertiary/aromatic N) is 1. The van der Waals surface area contributed by atoms with Gasteiger partial charge in [0.05, 0.1) is 19.8 Å². The predicted octanol–water partition coefficient (Wildman–Crippen LogP) is 2.15. The molecular formula is C16H21NO4. The minimum Gasteiger partial charge on any atom is -0.496 e. The molecule has 1 aliphatic carbocycles. The Morgan fingerprint density at radius 3 is 3.10 bits per heavy atom. The summed E-state index contributed by atoms with van der Waals surface area (Å²) in [6.45, 7) is 2.54. The van der Waals surface area contributed by atoms with Gasteiger partial charge in [0.2, 0.25) is 0 Å². The van der Waals surface area contributed by atoms with Gasteiger partial charge >= 0.3 is 5.97 Å². The predicted molar refractivity (Wildman–Crippen MR) is 77.7 cm³/mol. The second-order valence-electron chi connectivity index (χ2n) is 5.72. The first-order valence-electron chi connectivity index (χ1n) is 7.45. The van der Waals surface area contributed by atoms with E-state index in [0.717, 1.165) is 31.7 Å². The SMILES string of the molecule is COc1cc(CN2CCOC3CCCC32)ccc1C(=O)O. The normalized spacial score (nSPS) is 25.6. The van der Waals surface area contributed by atoms with Crippen LogP contribution in [0.4, 0.5) is 0 Å². The van der Waals surface area contributed by atoms with Crippen molar-refractivity contribution in [3.8, 4) is 5.75 Å². The number of carboxylic acids is 1. The summed E-state index contributed by atoms with van der Waals surface area (Å²) < 4.78 is 11.0. The van der Waals surface area contributed by atoms with Gasteiger partial charge in [0.1, 0.15) is 11.3 Å². The zero-order valence-corrected chi connectivity index (χ0v) is 12.2. The third-order valence-corrected chi connectivity index (χ3v) is 4.48. The number of benzene rings is 1. The number of morpholine rings is 1. The molecule has 1 heterocycles. The van der Waals surface area contributed by atoms with Gasteiger partial charge in [-0.2, -0.15) is 0 Å². The molecule has 2 fully saturated rings. The Morgan fingerprint density at radius 1 is 1.48 bits per heavy atom. The highest BCUT2D eigenvalue weighted by molar-refractivity contribution is 5.90. The first-order valence-corrected chi connectivity index (χ1v) is 7.45. The Bertz CT molecular complexity index is 531. The topological polar surface area (TPSA) is 59.0 Å². The minimum absolute atomic E-state index is 0.210. The second-order valence-corrected chi connectivity index (χ2v) is 5.72. The molecule has 2 unspecified atom stereocenters. The van der Waals surface area contributed by atoms with Gasteiger partial charge in [0.15, 0.2) is 0 Å². The molecule has 2 aliphatic rings. The molecule has 2 atom stereocenters. The smallest absolute Gasteiger partial charge is 0.339 e. The molecule has 114 valence electrons. The molecule has 5 heteroatoms. The molecule has 1 aromatic carbocycles. The Labute approximate surface area is 124 Å². The molecule has 21 heavy (non-hydrogen) atoms. The quantitative estimate of drug-likeness (QED) is 0.921. The average molecular weight is 291 g/mol. The Hall–Kier alpha value is -1.59. The summed E-state index contributed by atoms with van der Waals surface area (Å²) >= 11 is 0. The van der Waals surface area contributed by atoms with Crippen LogP contribution < -0.4 is 4.74 Å². The van der Waals surface area contributed by atoms with Gasteiger partial charge in [-0.1, -0.05) is 6.07 Å².